The number of hydrogen-bond donors (Lipinski definition) is 4. The highest BCUT2D eigenvalue weighted by Crippen LogP contribution is 2.31. The molecule has 1 aliphatic rings. The van der Waals surface area contributed by atoms with Gasteiger partial charge in [-0.2, -0.15) is 4.98 Å². The Morgan fingerprint density at radius 3 is 2.67 bits per heavy atom. The molecule has 0 saturated carbocycles. The van der Waals surface area contributed by atoms with Gasteiger partial charge in [0, 0.05) is 6.54 Å². The number of aryl methyl sites for hydroxylation is 1. The fraction of sp³-hybridized carbons (Fsp3) is 0.500. The van der Waals surface area contributed by atoms with Gasteiger partial charge in [-0.05, 0) is 6.92 Å². The Balaban J connectivity index is 2.27. The SMILES string of the molecule is C=CCn1c(=O)n([C@@H]2O[C@H](CO)[C@@H](O)[C@H]2O)c2nc(N)nc(C)c21. The van der Waals surface area contributed by atoms with E-state index in [1.165, 1.54) is 10.6 Å². The quantitative estimate of drug-likeness (QED) is 0.481. The summed E-state index contributed by atoms with van der Waals surface area (Å²) in [7, 11) is 0. The minimum Gasteiger partial charge on any atom is -0.394 e. The van der Waals surface area contributed by atoms with Crippen LogP contribution < -0.4 is 11.4 Å². The van der Waals surface area contributed by atoms with Crippen LogP contribution in [0.2, 0.25) is 0 Å². The second kappa shape index (κ2) is 5.98. The number of anilines is 1. The van der Waals surface area contributed by atoms with Gasteiger partial charge in [0.15, 0.2) is 11.9 Å². The fourth-order valence-corrected chi connectivity index (χ4v) is 2.99. The molecule has 0 radical (unpaired) electrons. The third-order valence-electron chi connectivity index (χ3n) is 4.08. The van der Waals surface area contributed by atoms with E-state index in [0.717, 1.165) is 4.57 Å². The number of rotatable bonds is 4. The molecule has 1 fully saturated rings. The Hall–Kier alpha value is -2.27. The number of aliphatic hydroxyl groups excluding tert-OH is 3. The molecular formula is C14H19N5O5. The minimum atomic E-state index is -1.40. The number of nitrogen functional groups attached to an aromatic ring is 1. The average molecular weight is 337 g/mol. The number of nitrogens with two attached hydrogens (primary N) is 1. The average Bonchev–Trinajstić information content (AvgIpc) is 2.96. The van der Waals surface area contributed by atoms with E-state index >= 15 is 0 Å². The van der Waals surface area contributed by atoms with Gasteiger partial charge in [0.05, 0.1) is 12.3 Å². The van der Waals surface area contributed by atoms with Crippen molar-refractivity contribution in [1.82, 2.24) is 19.1 Å². The van der Waals surface area contributed by atoms with Gasteiger partial charge in [-0.1, -0.05) is 6.08 Å². The maximum atomic E-state index is 12.8. The fourth-order valence-electron chi connectivity index (χ4n) is 2.99. The van der Waals surface area contributed by atoms with Gasteiger partial charge < -0.3 is 25.8 Å². The molecule has 130 valence electrons. The van der Waals surface area contributed by atoms with Gasteiger partial charge in [-0.15, -0.1) is 6.58 Å². The van der Waals surface area contributed by atoms with Crippen molar-refractivity contribution in [2.45, 2.75) is 38.0 Å². The molecule has 1 aliphatic heterocycles. The van der Waals surface area contributed by atoms with Crippen LogP contribution in [0, 0.1) is 6.92 Å². The Bertz CT molecular complexity index is 844. The number of allylic oxidation sites excluding steroid dienone is 1. The van der Waals surface area contributed by atoms with E-state index in [9.17, 15) is 20.1 Å². The smallest absolute Gasteiger partial charge is 0.332 e. The zero-order valence-corrected chi connectivity index (χ0v) is 13.0. The standard InChI is InChI=1S/C14H19N5O5/c1-3-4-18-8-6(2)16-13(15)17-11(8)19(14(18)23)12-10(22)9(21)7(5-20)24-12/h3,7,9-10,12,20-22H,1,4-5H2,2H3,(H2,15,16,17)/t7-,9-,10-,12-/m1/s1. The van der Waals surface area contributed by atoms with Gasteiger partial charge in [0.1, 0.15) is 23.8 Å². The van der Waals surface area contributed by atoms with Crippen molar-refractivity contribution in [1.29, 1.82) is 0 Å². The Kier molecular flexibility index (Phi) is 4.13. The first-order valence-electron chi connectivity index (χ1n) is 7.38. The van der Waals surface area contributed by atoms with E-state index in [1.807, 2.05) is 0 Å². The van der Waals surface area contributed by atoms with Crippen LogP contribution in [0.15, 0.2) is 17.4 Å². The van der Waals surface area contributed by atoms with Gasteiger partial charge in [-0.25, -0.2) is 14.3 Å². The third kappa shape index (κ3) is 2.31. The first-order chi connectivity index (χ1) is 11.4. The number of imidazole rings is 1. The minimum absolute atomic E-state index is 0.0313. The highest BCUT2D eigenvalue weighted by Gasteiger charge is 2.45. The molecule has 2 aromatic heterocycles. The molecule has 24 heavy (non-hydrogen) atoms. The number of hydrogen-bond acceptors (Lipinski definition) is 8. The van der Waals surface area contributed by atoms with Crippen LogP contribution in [-0.2, 0) is 11.3 Å². The highest BCUT2D eigenvalue weighted by atomic mass is 16.6. The largest absolute Gasteiger partial charge is 0.394 e. The molecule has 2 aromatic rings. The lowest BCUT2D eigenvalue weighted by molar-refractivity contribution is -0.0527. The summed E-state index contributed by atoms with van der Waals surface area (Å²) in [6, 6.07) is 0. The summed E-state index contributed by atoms with van der Waals surface area (Å²) < 4.78 is 7.95. The second-order valence-corrected chi connectivity index (χ2v) is 5.62. The lowest BCUT2D eigenvalue weighted by Gasteiger charge is -2.15. The molecule has 3 heterocycles. The lowest BCUT2D eigenvalue weighted by Crippen LogP contribution is -2.36. The van der Waals surface area contributed by atoms with E-state index in [0.29, 0.717) is 11.2 Å². The number of nitrogens with zero attached hydrogens (tertiary/aromatic N) is 4. The molecule has 4 atom stereocenters. The predicted octanol–water partition coefficient (Wildman–Crippen LogP) is -1.72. The molecule has 3 rings (SSSR count). The first kappa shape index (κ1) is 16.6. The van der Waals surface area contributed by atoms with E-state index in [-0.39, 0.29) is 18.1 Å². The number of ether oxygens (including phenoxy) is 1. The van der Waals surface area contributed by atoms with Crippen molar-refractivity contribution in [3.63, 3.8) is 0 Å². The molecule has 10 nitrogen and oxygen atoms in total. The molecule has 0 unspecified atom stereocenters. The zero-order chi connectivity index (χ0) is 17.6. The van der Waals surface area contributed by atoms with E-state index < -0.39 is 36.8 Å². The summed E-state index contributed by atoms with van der Waals surface area (Å²) in [6.07, 6.45) is -3.40. The molecule has 0 spiro atoms. The van der Waals surface area contributed by atoms with Crippen LogP contribution in [0.5, 0.6) is 0 Å². The topological polar surface area (TPSA) is 149 Å². The van der Waals surface area contributed by atoms with Crippen molar-refractivity contribution >= 4 is 17.1 Å². The van der Waals surface area contributed by atoms with Crippen molar-refractivity contribution in [3.8, 4) is 0 Å². The molecule has 0 aliphatic carbocycles. The molecule has 0 bridgehead atoms. The number of aliphatic hydroxyl groups is 3. The summed E-state index contributed by atoms with van der Waals surface area (Å²) in [5.41, 5.74) is 6.28. The van der Waals surface area contributed by atoms with Crippen LogP contribution in [-0.4, -0.2) is 59.3 Å². The predicted molar refractivity (Wildman–Crippen MR) is 84.1 cm³/mol. The zero-order valence-electron chi connectivity index (χ0n) is 13.0. The normalized spacial score (nSPS) is 27.0. The summed E-state index contributed by atoms with van der Waals surface area (Å²) in [5, 5.41) is 29.4. The molecular weight excluding hydrogens is 318 g/mol. The summed E-state index contributed by atoms with van der Waals surface area (Å²) in [6.45, 7) is 5.01. The molecule has 5 N–H and O–H groups in total. The lowest BCUT2D eigenvalue weighted by atomic mass is 10.1. The molecule has 0 aromatic carbocycles. The van der Waals surface area contributed by atoms with E-state index in [4.69, 9.17) is 10.5 Å². The van der Waals surface area contributed by atoms with Crippen molar-refractivity contribution in [2.75, 3.05) is 12.3 Å². The Morgan fingerprint density at radius 2 is 2.08 bits per heavy atom. The summed E-state index contributed by atoms with van der Waals surface area (Å²) >= 11 is 0. The molecule has 0 amide bonds. The number of aromatic nitrogens is 4. The monoisotopic (exact) mass is 337 g/mol. The van der Waals surface area contributed by atoms with Crippen molar-refractivity contribution in [3.05, 3.63) is 28.8 Å². The van der Waals surface area contributed by atoms with Gasteiger partial charge >= 0.3 is 5.69 Å². The number of fused-ring (bicyclic) bond motifs is 1. The Morgan fingerprint density at radius 1 is 1.38 bits per heavy atom. The van der Waals surface area contributed by atoms with Crippen LogP contribution in [0.3, 0.4) is 0 Å². The van der Waals surface area contributed by atoms with E-state index in [1.54, 1.807) is 6.92 Å². The van der Waals surface area contributed by atoms with Crippen molar-refractivity contribution < 1.29 is 20.1 Å². The van der Waals surface area contributed by atoms with Gasteiger partial charge in [0.2, 0.25) is 5.95 Å². The summed E-state index contributed by atoms with van der Waals surface area (Å²) in [4.78, 5) is 21.0. The highest BCUT2D eigenvalue weighted by molar-refractivity contribution is 5.75. The maximum absolute atomic E-state index is 12.8. The van der Waals surface area contributed by atoms with Crippen LogP contribution >= 0.6 is 0 Å². The molecule has 10 heteroatoms. The van der Waals surface area contributed by atoms with Crippen LogP contribution in [0.25, 0.3) is 11.2 Å². The van der Waals surface area contributed by atoms with Crippen molar-refractivity contribution in [2.24, 2.45) is 0 Å². The maximum Gasteiger partial charge on any atom is 0.332 e. The van der Waals surface area contributed by atoms with Gasteiger partial charge in [0.25, 0.3) is 0 Å². The first-order valence-corrected chi connectivity index (χ1v) is 7.38. The summed E-state index contributed by atoms with van der Waals surface area (Å²) in [5.74, 6) is -0.0313. The van der Waals surface area contributed by atoms with Crippen LogP contribution in [0.1, 0.15) is 11.9 Å². The second-order valence-electron chi connectivity index (χ2n) is 5.62. The molecule has 1 saturated heterocycles. The van der Waals surface area contributed by atoms with Crippen LogP contribution in [0.4, 0.5) is 5.95 Å². The van der Waals surface area contributed by atoms with Gasteiger partial charge in [-0.3, -0.25) is 4.57 Å². The van der Waals surface area contributed by atoms with E-state index in [2.05, 4.69) is 16.5 Å². The Labute approximate surface area is 136 Å². The third-order valence-corrected chi connectivity index (χ3v) is 4.08.